The van der Waals surface area contributed by atoms with Gasteiger partial charge in [-0.1, -0.05) is 57.2 Å². The van der Waals surface area contributed by atoms with E-state index in [1.54, 1.807) is 0 Å². The van der Waals surface area contributed by atoms with Crippen LogP contribution < -0.4 is 16.0 Å². The first kappa shape index (κ1) is 29.2. The quantitative estimate of drug-likeness (QED) is 0.292. The standard InChI is InChI=1S/C33H38N6O3/c1-21-27(6-5-7-28(21)35-31(41)23-10-12-24(13-11-23)33(2,3)4)30-36-29(37-32(34)38-30)18-22-8-14-25(15-9-22)39-16-17-42-26(19-39)20-40/h5-15,26,40H,16-20H2,1-4H3,(H,35,41)(H2,34,36,37,38). The van der Waals surface area contributed by atoms with E-state index < -0.39 is 0 Å². The highest BCUT2D eigenvalue weighted by molar-refractivity contribution is 6.05. The second-order valence-electron chi connectivity index (χ2n) is 11.7. The maximum atomic E-state index is 13.1. The number of carbonyl (C=O) groups is 1. The van der Waals surface area contributed by atoms with Crippen LogP contribution in [-0.2, 0) is 16.6 Å². The molecular weight excluding hydrogens is 528 g/mol. The van der Waals surface area contributed by atoms with Gasteiger partial charge in [0.25, 0.3) is 5.91 Å². The fourth-order valence-electron chi connectivity index (χ4n) is 5.04. The van der Waals surface area contributed by atoms with E-state index in [1.807, 2.05) is 61.5 Å². The molecule has 5 rings (SSSR count). The number of hydrogen-bond donors (Lipinski definition) is 3. The van der Waals surface area contributed by atoms with Crippen LogP contribution >= 0.6 is 0 Å². The molecule has 3 aromatic carbocycles. The Hall–Kier alpha value is -4.34. The molecule has 1 fully saturated rings. The van der Waals surface area contributed by atoms with Crippen molar-refractivity contribution in [3.8, 4) is 11.4 Å². The third kappa shape index (κ3) is 6.75. The normalized spacial score (nSPS) is 15.5. The van der Waals surface area contributed by atoms with Crippen molar-refractivity contribution in [2.45, 2.75) is 45.6 Å². The van der Waals surface area contributed by atoms with E-state index in [4.69, 9.17) is 15.5 Å². The number of amides is 1. The molecule has 1 aliphatic heterocycles. The van der Waals surface area contributed by atoms with Crippen molar-refractivity contribution in [3.05, 3.63) is 94.8 Å². The number of aliphatic hydroxyl groups is 1. The predicted octanol–water partition coefficient (Wildman–Crippen LogP) is 4.77. The number of anilines is 3. The summed E-state index contributed by atoms with van der Waals surface area (Å²) in [6.45, 7) is 10.4. The number of nitrogens with zero attached hydrogens (tertiary/aromatic N) is 4. The summed E-state index contributed by atoms with van der Waals surface area (Å²) in [4.78, 5) is 28.8. The van der Waals surface area contributed by atoms with E-state index in [2.05, 4.69) is 53.1 Å². The summed E-state index contributed by atoms with van der Waals surface area (Å²) in [5.41, 5.74) is 12.3. The average Bonchev–Trinajstić information content (AvgIpc) is 2.98. The molecular formula is C33H38N6O3. The molecule has 0 radical (unpaired) electrons. The van der Waals surface area contributed by atoms with Crippen LogP contribution in [0.25, 0.3) is 11.4 Å². The summed E-state index contributed by atoms with van der Waals surface area (Å²) in [5, 5.41) is 12.5. The lowest BCUT2D eigenvalue weighted by Gasteiger charge is -2.33. The van der Waals surface area contributed by atoms with Crippen LogP contribution in [0.1, 0.15) is 53.6 Å². The van der Waals surface area contributed by atoms with Crippen molar-refractivity contribution in [3.63, 3.8) is 0 Å². The lowest BCUT2D eigenvalue weighted by Crippen LogP contribution is -2.44. The van der Waals surface area contributed by atoms with Crippen molar-refractivity contribution < 1.29 is 14.6 Å². The van der Waals surface area contributed by atoms with Crippen molar-refractivity contribution in [2.75, 3.05) is 42.3 Å². The van der Waals surface area contributed by atoms with Crippen molar-refractivity contribution in [1.82, 2.24) is 15.0 Å². The molecule has 1 saturated heterocycles. The Morgan fingerprint density at radius 3 is 2.48 bits per heavy atom. The Morgan fingerprint density at radius 2 is 1.79 bits per heavy atom. The number of aliphatic hydroxyl groups excluding tert-OH is 1. The van der Waals surface area contributed by atoms with Gasteiger partial charge in [0, 0.05) is 42.0 Å². The first-order valence-electron chi connectivity index (χ1n) is 14.2. The number of benzene rings is 3. The molecule has 1 aromatic heterocycles. The van der Waals surface area contributed by atoms with Gasteiger partial charge in [-0.2, -0.15) is 9.97 Å². The van der Waals surface area contributed by atoms with Crippen molar-refractivity contribution in [1.29, 1.82) is 0 Å². The molecule has 4 aromatic rings. The number of hydrogen-bond acceptors (Lipinski definition) is 8. The summed E-state index contributed by atoms with van der Waals surface area (Å²) < 4.78 is 5.56. The molecule has 9 nitrogen and oxygen atoms in total. The molecule has 1 aliphatic rings. The number of ether oxygens (including phenoxy) is 1. The summed E-state index contributed by atoms with van der Waals surface area (Å²) in [6, 6.07) is 21.6. The van der Waals surface area contributed by atoms with E-state index >= 15 is 0 Å². The van der Waals surface area contributed by atoms with Gasteiger partial charge in [0.1, 0.15) is 5.82 Å². The van der Waals surface area contributed by atoms with E-state index in [0.717, 1.165) is 28.9 Å². The van der Waals surface area contributed by atoms with Crippen LogP contribution in [0.4, 0.5) is 17.3 Å². The van der Waals surface area contributed by atoms with E-state index in [-0.39, 0.29) is 30.0 Å². The zero-order valence-corrected chi connectivity index (χ0v) is 24.6. The zero-order valence-electron chi connectivity index (χ0n) is 24.6. The van der Waals surface area contributed by atoms with E-state index in [9.17, 15) is 9.90 Å². The molecule has 0 bridgehead atoms. The summed E-state index contributed by atoms with van der Waals surface area (Å²) in [7, 11) is 0. The van der Waals surface area contributed by atoms with Gasteiger partial charge in [-0.05, 0) is 59.4 Å². The fraction of sp³-hybridized carbons (Fsp3) is 0.333. The number of nitrogens with one attached hydrogen (secondary N) is 1. The topological polar surface area (TPSA) is 126 Å². The van der Waals surface area contributed by atoms with Gasteiger partial charge in [0.15, 0.2) is 5.82 Å². The Bertz CT molecular complexity index is 1550. The minimum atomic E-state index is -0.182. The van der Waals surface area contributed by atoms with Crippen LogP contribution in [0.15, 0.2) is 66.7 Å². The average molecular weight is 567 g/mol. The van der Waals surface area contributed by atoms with Crippen LogP contribution in [0, 0.1) is 6.92 Å². The highest BCUT2D eigenvalue weighted by atomic mass is 16.5. The lowest BCUT2D eigenvalue weighted by atomic mass is 9.86. The molecule has 0 aliphatic carbocycles. The van der Waals surface area contributed by atoms with Gasteiger partial charge in [0.2, 0.25) is 5.95 Å². The van der Waals surface area contributed by atoms with Gasteiger partial charge in [-0.25, -0.2) is 4.98 Å². The van der Waals surface area contributed by atoms with Gasteiger partial charge >= 0.3 is 0 Å². The number of carbonyl (C=O) groups excluding carboxylic acids is 1. The minimum Gasteiger partial charge on any atom is -0.394 e. The van der Waals surface area contributed by atoms with Crippen molar-refractivity contribution in [2.24, 2.45) is 0 Å². The minimum absolute atomic E-state index is 0.0118. The SMILES string of the molecule is Cc1c(NC(=O)c2ccc(C(C)(C)C)cc2)cccc1-c1nc(N)nc(Cc2ccc(N3CCOC(CO)C3)cc2)n1. The number of aromatic nitrogens is 3. The van der Waals surface area contributed by atoms with E-state index in [1.165, 1.54) is 5.56 Å². The van der Waals surface area contributed by atoms with Gasteiger partial charge < -0.3 is 25.8 Å². The summed E-state index contributed by atoms with van der Waals surface area (Å²) >= 11 is 0. The highest BCUT2D eigenvalue weighted by Crippen LogP contribution is 2.28. The number of nitrogen functional groups attached to an aromatic ring is 1. The van der Waals surface area contributed by atoms with E-state index in [0.29, 0.717) is 42.5 Å². The summed E-state index contributed by atoms with van der Waals surface area (Å²) in [6.07, 6.45) is 0.322. The Morgan fingerprint density at radius 1 is 1.05 bits per heavy atom. The first-order valence-corrected chi connectivity index (χ1v) is 14.2. The fourth-order valence-corrected chi connectivity index (χ4v) is 5.04. The molecule has 1 amide bonds. The Labute approximate surface area is 246 Å². The second-order valence-corrected chi connectivity index (χ2v) is 11.7. The van der Waals surface area contributed by atoms with Gasteiger partial charge in [-0.15, -0.1) is 0 Å². The lowest BCUT2D eigenvalue weighted by molar-refractivity contribution is 0.00357. The van der Waals surface area contributed by atoms with Crippen LogP contribution in [0.2, 0.25) is 0 Å². The van der Waals surface area contributed by atoms with Crippen LogP contribution in [0.5, 0.6) is 0 Å². The van der Waals surface area contributed by atoms with Crippen molar-refractivity contribution >= 4 is 23.2 Å². The molecule has 2 heterocycles. The number of rotatable bonds is 7. The monoisotopic (exact) mass is 566 g/mol. The smallest absolute Gasteiger partial charge is 0.255 e. The number of nitrogens with two attached hydrogens (primary N) is 1. The maximum absolute atomic E-state index is 13.1. The zero-order chi connectivity index (χ0) is 29.9. The van der Waals surface area contributed by atoms with Crippen LogP contribution in [0.3, 0.4) is 0 Å². The van der Waals surface area contributed by atoms with Gasteiger partial charge in [0.05, 0.1) is 19.3 Å². The third-order valence-electron chi connectivity index (χ3n) is 7.54. The molecule has 1 unspecified atom stereocenters. The van der Waals surface area contributed by atoms with Crippen LogP contribution in [-0.4, -0.2) is 58.4 Å². The second kappa shape index (κ2) is 12.3. The largest absolute Gasteiger partial charge is 0.394 e. The third-order valence-corrected chi connectivity index (χ3v) is 7.54. The molecule has 9 heteroatoms. The molecule has 1 atom stereocenters. The molecule has 0 saturated carbocycles. The maximum Gasteiger partial charge on any atom is 0.255 e. The summed E-state index contributed by atoms with van der Waals surface area (Å²) in [5.74, 6) is 0.979. The molecule has 0 spiro atoms. The molecule has 4 N–H and O–H groups in total. The Balaban J connectivity index is 1.32. The first-order chi connectivity index (χ1) is 20.1. The molecule has 218 valence electrons. The highest BCUT2D eigenvalue weighted by Gasteiger charge is 2.20. The Kier molecular flexibility index (Phi) is 8.51. The van der Waals surface area contributed by atoms with Gasteiger partial charge in [-0.3, -0.25) is 4.79 Å². The molecule has 42 heavy (non-hydrogen) atoms. The predicted molar refractivity (Wildman–Crippen MR) is 166 cm³/mol. The number of morpholine rings is 1.